The van der Waals surface area contributed by atoms with Gasteiger partial charge in [0.15, 0.2) is 5.82 Å². The second-order valence-corrected chi connectivity index (χ2v) is 7.08. The maximum absolute atomic E-state index is 12.9. The third-order valence-corrected chi connectivity index (χ3v) is 4.88. The number of H-pyrrole nitrogens is 1. The smallest absolute Gasteiger partial charge is 0.274 e. The largest absolute Gasteiger partial charge is 0.351 e. The van der Waals surface area contributed by atoms with E-state index < -0.39 is 0 Å². The van der Waals surface area contributed by atoms with E-state index in [2.05, 4.69) is 30.5 Å². The molecule has 2 amide bonds. The fraction of sp³-hybridized carbons (Fsp3) is 0.300. The van der Waals surface area contributed by atoms with Crippen LogP contribution in [0.25, 0.3) is 11.4 Å². The Morgan fingerprint density at radius 3 is 2.62 bits per heavy atom. The van der Waals surface area contributed by atoms with Gasteiger partial charge in [-0.15, -0.1) is 0 Å². The summed E-state index contributed by atoms with van der Waals surface area (Å²) in [6.07, 6.45) is 3.04. The molecule has 29 heavy (non-hydrogen) atoms. The van der Waals surface area contributed by atoms with E-state index in [4.69, 9.17) is 0 Å². The first-order valence-corrected chi connectivity index (χ1v) is 9.34. The SMILES string of the molecule is CC(=O)N[C@@H]1CN(C(=O)c2cnc(C)cn2)C[C@H]1c1nc(-c2ccccc2)n[nH]1. The standard InChI is InChI=1S/C20H21N7O2/c1-12-8-22-16(9-21-12)20(29)27-10-15(17(11-27)23-13(2)28)19-24-18(25-26-19)14-6-4-3-5-7-14/h3-9,15,17H,10-11H2,1-2H3,(H,23,28)(H,24,25,26)/t15-,17-/m1/s1. The minimum Gasteiger partial charge on any atom is -0.351 e. The first-order valence-electron chi connectivity index (χ1n) is 9.34. The van der Waals surface area contributed by atoms with Gasteiger partial charge in [0.05, 0.1) is 23.9 Å². The van der Waals surface area contributed by atoms with Crippen LogP contribution in [0, 0.1) is 6.92 Å². The quantitative estimate of drug-likeness (QED) is 0.693. The Morgan fingerprint density at radius 2 is 1.93 bits per heavy atom. The lowest BCUT2D eigenvalue weighted by atomic mass is 10.0. The van der Waals surface area contributed by atoms with Gasteiger partial charge in [-0.25, -0.2) is 9.97 Å². The van der Waals surface area contributed by atoms with E-state index in [-0.39, 0.29) is 29.5 Å². The summed E-state index contributed by atoms with van der Waals surface area (Å²) < 4.78 is 0. The topological polar surface area (TPSA) is 117 Å². The van der Waals surface area contributed by atoms with Crippen LogP contribution in [0.15, 0.2) is 42.7 Å². The highest BCUT2D eigenvalue weighted by Crippen LogP contribution is 2.28. The predicted octanol–water partition coefficient (Wildman–Crippen LogP) is 1.31. The molecule has 0 aliphatic carbocycles. The number of likely N-dealkylation sites (tertiary alicyclic amines) is 1. The molecule has 1 fully saturated rings. The zero-order valence-corrected chi connectivity index (χ0v) is 16.2. The minimum atomic E-state index is -0.272. The Labute approximate surface area is 167 Å². The van der Waals surface area contributed by atoms with E-state index in [9.17, 15) is 9.59 Å². The molecule has 3 heterocycles. The van der Waals surface area contributed by atoms with E-state index >= 15 is 0 Å². The number of rotatable bonds is 4. The number of aromatic nitrogens is 5. The van der Waals surface area contributed by atoms with Gasteiger partial charge in [0, 0.05) is 31.8 Å². The van der Waals surface area contributed by atoms with Crippen molar-refractivity contribution in [1.29, 1.82) is 0 Å². The molecule has 9 nitrogen and oxygen atoms in total. The maximum atomic E-state index is 12.9. The number of nitrogens with zero attached hydrogens (tertiary/aromatic N) is 5. The number of amides is 2. The molecule has 148 valence electrons. The highest BCUT2D eigenvalue weighted by atomic mass is 16.2. The third kappa shape index (κ3) is 3.98. The first-order chi connectivity index (χ1) is 14.0. The number of aryl methyl sites for hydroxylation is 1. The summed E-state index contributed by atoms with van der Waals surface area (Å²) in [5.74, 6) is 0.626. The number of carbonyl (C=O) groups is 2. The molecule has 0 saturated carbocycles. The second kappa shape index (κ2) is 7.78. The van der Waals surface area contributed by atoms with E-state index in [0.717, 1.165) is 11.3 Å². The van der Waals surface area contributed by atoms with Crippen molar-refractivity contribution in [3.8, 4) is 11.4 Å². The van der Waals surface area contributed by atoms with Crippen molar-refractivity contribution in [2.24, 2.45) is 0 Å². The fourth-order valence-corrected chi connectivity index (χ4v) is 3.48. The Kier molecular flexibility index (Phi) is 5.03. The fourth-order valence-electron chi connectivity index (χ4n) is 3.48. The number of hydrogen-bond donors (Lipinski definition) is 2. The molecule has 4 rings (SSSR count). The van der Waals surface area contributed by atoms with Gasteiger partial charge in [0.2, 0.25) is 5.91 Å². The molecular weight excluding hydrogens is 370 g/mol. The molecule has 1 aromatic carbocycles. The van der Waals surface area contributed by atoms with Gasteiger partial charge in [-0.3, -0.25) is 19.7 Å². The molecule has 9 heteroatoms. The molecule has 2 atom stereocenters. The highest BCUT2D eigenvalue weighted by Gasteiger charge is 2.39. The van der Waals surface area contributed by atoms with Crippen molar-refractivity contribution in [2.75, 3.05) is 13.1 Å². The molecule has 2 N–H and O–H groups in total. The summed E-state index contributed by atoms with van der Waals surface area (Å²) in [6.45, 7) is 4.03. The van der Waals surface area contributed by atoms with Gasteiger partial charge in [-0.2, -0.15) is 5.10 Å². The third-order valence-electron chi connectivity index (χ3n) is 4.88. The first kappa shape index (κ1) is 18.7. The molecule has 0 bridgehead atoms. The lowest BCUT2D eigenvalue weighted by molar-refractivity contribution is -0.119. The average Bonchev–Trinajstić information content (AvgIpc) is 3.35. The normalized spacial score (nSPS) is 18.6. The van der Waals surface area contributed by atoms with Crippen molar-refractivity contribution in [2.45, 2.75) is 25.8 Å². The van der Waals surface area contributed by atoms with Gasteiger partial charge in [0.1, 0.15) is 11.5 Å². The van der Waals surface area contributed by atoms with Crippen LogP contribution in [-0.2, 0) is 4.79 Å². The van der Waals surface area contributed by atoms with Gasteiger partial charge < -0.3 is 10.2 Å². The molecule has 1 aliphatic heterocycles. The number of benzene rings is 1. The summed E-state index contributed by atoms with van der Waals surface area (Å²) in [5.41, 5.74) is 1.92. The molecule has 2 aromatic heterocycles. The summed E-state index contributed by atoms with van der Waals surface area (Å²) >= 11 is 0. The van der Waals surface area contributed by atoms with Crippen molar-refractivity contribution in [1.82, 2.24) is 35.4 Å². The lowest BCUT2D eigenvalue weighted by Crippen LogP contribution is -2.39. The molecule has 1 aliphatic rings. The number of carbonyl (C=O) groups excluding carboxylic acids is 2. The number of nitrogens with one attached hydrogen (secondary N) is 2. The van der Waals surface area contributed by atoms with Crippen LogP contribution >= 0.6 is 0 Å². The molecule has 0 radical (unpaired) electrons. The Hall–Kier alpha value is -3.62. The Balaban J connectivity index is 1.58. The van der Waals surface area contributed by atoms with Crippen molar-refractivity contribution in [3.63, 3.8) is 0 Å². The summed E-state index contributed by atoms with van der Waals surface area (Å²) in [5, 5.41) is 10.2. The maximum Gasteiger partial charge on any atom is 0.274 e. The zero-order chi connectivity index (χ0) is 20.4. The second-order valence-electron chi connectivity index (χ2n) is 7.08. The monoisotopic (exact) mass is 391 g/mol. The van der Waals surface area contributed by atoms with Crippen LogP contribution in [0.2, 0.25) is 0 Å². The highest BCUT2D eigenvalue weighted by molar-refractivity contribution is 5.92. The molecule has 1 saturated heterocycles. The Bertz CT molecular complexity index is 1020. The predicted molar refractivity (Wildman–Crippen MR) is 105 cm³/mol. The molecular formula is C20H21N7O2. The van der Waals surface area contributed by atoms with Crippen LogP contribution in [0.1, 0.15) is 34.8 Å². The van der Waals surface area contributed by atoms with Crippen LogP contribution in [0.4, 0.5) is 0 Å². The Morgan fingerprint density at radius 1 is 1.14 bits per heavy atom. The zero-order valence-electron chi connectivity index (χ0n) is 16.2. The van der Waals surface area contributed by atoms with E-state index in [1.165, 1.54) is 13.1 Å². The van der Waals surface area contributed by atoms with Gasteiger partial charge in [-0.05, 0) is 6.92 Å². The van der Waals surface area contributed by atoms with Crippen LogP contribution in [-0.4, -0.2) is 61.0 Å². The van der Waals surface area contributed by atoms with Gasteiger partial charge >= 0.3 is 0 Å². The van der Waals surface area contributed by atoms with Crippen LogP contribution < -0.4 is 5.32 Å². The van der Waals surface area contributed by atoms with Crippen molar-refractivity contribution in [3.05, 3.63) is 59.9 Å². The number of hydrogen-bond acceptors (Lipinski definition) is 6. The van der Waals surface area contributed by atoms with Crippen molar-refractivity contribution >= 4 is 11.8 Å². The average molecular weight is 391 g/mol. The van der Waals surface area contributed by atoms with E-state index in [1.54, 1.807) is 11.1 Å². The summed E-state index contributed by atoms with van der Waals surface area (Å²) in [6, 6.07) is 9.36. The van der Waals surface area contributed by atoms with E-state index in [0.29, 0.717) is 24.7 Å². The van der Waals surface area contributed by atoms with Gasteiger partial charge in [0.25, 0.3) is 5.91 Å². The molecule has 0 spiro atoms. The number of aromatic amines is 1. The van der Waals surface area contributed by atoms with E-state index in [1.807, 2.05) is 37.3 Å². The molecule has 3 aromatic rings. The van der Waals surface area contributed by atoms with Crippen LogP contribution in [0.3, 0.4) is 0 Å². The molecule has 0 unspecified atom stereocenters. The summed E-state index contributed by atoms with van der Waals surface area (Å²) in [4.78, 5) is 39.2. The minimum absolute atomic E-state index is 0.160. The summed E-state index contributed by atoms with van der Waals surface area (Å²) in [7, 11) is 0. The van der Waals surface area contributed by atoms with Gasteiger partial charge in [-0.1, -0.05) is 30.3 Å². The lowest BCUT2D eigenvalue weighted by Gasteiger charge is -2.16. The van der Waals surface area contributed by atoms with Crippen LogP contribution in [0.5, 0.6) is 0 Å². The van der Waals surface area contributed by atoms with Crippen molar-refractivity contribution < 1.29 is 9.59 Å².